The van der Waals surface area contributed by atoms with Crippen molar-refractivity contribution >= 4 is 5.97 Å². The molecule has 0 spiro atoms. The number of hydrogen-bond donors (Lipinski definition) is 1. The number of methoxy groups -OCH3 is 1. The zero-order valence-corrected chi connectivity index (χ0v) is 20.5. The van der Waals surface area contributed by atoms with Crippen LogP contribution in [0.4, 0.5) is 0 Å². The SMILES string of the molecule is COc1ccc(-n2c(CN3CCC[C@H]3C(=O)O)nnc2-c2ccc(-c3cccc(C)c3C)cn2)cn1. The van der Waals surface area contributed by atoms with Crippen LogP contribution in [0.2, 0.25) is 0 Å². The highest BCUT2D eigenvalue weighted by atomic mass is 16.5. The lowest BCUT2D eigenvalue weighted by molar-refractivity contribution is -0.142. The quantitative estimate of drug-likeness (QED) is 0.419. The van der Waals surface area contributed by atoms with E-state index in [1.807, 2.05) is 39.9 Å². The maximum Gasteiger partial charge on any atom is 0.320 e. The maximum atomic E-state index is 11.7. The minimum Gasteiger partial charge on any atom is -0.481 e. The molecule has 0 saturated carbocycles. The third kappa shape index (κ3) is 4.45. The van der Waals surface area contributed by atoms with E-state index in [0.29, 0.717) is 42.7 Å². The van der Waals surface area contributed by atoms with Crippen LogP contribution in [-0.2, 0) is 11.3 Å². The summed E-state index contributed by atoms with van der Waals surface area (Å²) < 4.78 is 7.11. The number of benzene rings is 1. The molecule has 3 aromatic heterocycles. The lowest BCUT2D eigenvalue weighted by atomic mass is 9.98. The first-order chi connectivity index (χ1) is 17.5. The molecule has 1 saturated heterocycles. The van der Waals surface area contributed by atoms with Gasteiger partial charge in [0.05, 0.1) is 25.5 Å². The highest BCUT2D eigenvalue weighted by Crippen LogP contribution is 2.29. The summed E-state index contributed by atoms with van der Waals surface area (Å²) in [5, 5.41) is 18.6. The van der Waals surface area contributed by atoms with Gasteiger partial charge in [-0.2, -0.15) is 0 Å². The standard InChI is InChI=1S/C27H28N6O3/c1-17-6-4-7-21(18(17)2)19-9-11-22(28-14-19)26-31-30-24(16-32-13-5-8-23(32)27(34)35)33(26)20-10-12-25(36-3)29-15-20/h4,6-7,9-12,14-15,23H,5,8,13,16H2,1-3H3,(H,34,35)/t23-/m0/s1. The van der Waals surface area contributed by atoms with E-state index in [0.717, 1.165) is 23.2 Å². The van der Waals surface area contributed by atoms with Crippen molar-refractivity contribution in [1.82, 2.24) is 29.6 Å². The van der Waals surface area contributed by atoms with Crippen molar-refractivity contribution in [2.24, 2.45) is 0 Å². The fraction of sp³-hybridized carbons (Fsp3) is 0.296. The van der Waals surface area contributed by atoms with Gasteiger partial charge in [-0.25, -0.2) is 4.98 Å². The second-order valence-corrected chi connectivity index (χ2v) is 8.98. The zero-order valence-electron chi connectivity index (χ0n) is 20.5. The molecule has 1 aromatic carbocycles. The molecule has 5 rings (SSSR count). The first kappa shape index (κ1) is 23.6. The highest BCUT2D eigenvalue weighted by molar-refractivity contribution is 5.74. The molecule has 0 aliphatic carbocycles. The summed E-state index contributed by atoms with van der Waals surface area (Å²) in [6, 6.07) is 13.3. The summed E-state index contributed by atoms with van der Waals surface area (Å²) >= 11 is 0. The first-order valence-corrected chi connectivity index (χ1v) is 11.9. The largest absolute Gasteiger partial charge is 0.481 e. The molecule has 1 aliphatic rings. The van der Waals surface area contributed by atoms with Gasteiger partial charge in [0.1, 0.15) is 11.7 Å². The number of carboxylic acid groups (broad SMARTS) is 1. The van der Waals surface area contributed by atoms with Crippen molar-refractivity contribution in [3.05, 3.63) is 71.8 Å². The molecule has 0 unspecified atom stereocenters. The second-order valence-electron chi connectivity index (χ2n) is 8.98. The lowest BCUT2D eigenvalue weighted by Gasteiger charge is -2.21. The Morgan fingerprint density at radius 3 is 2.64 bits per heavy atom. The predicted octanol–water partition coefficient (Wildman–Crippen LogP) is 4.07. The molecule has 9 heteroatoms. The topological polar surface area (TPSA) is 106 Å². The average molecular weight is 485 g/mol. The summed E-state index contributed by atoms with van der Waals surface area (Å²) in [7, 11) is 1.57. The van der Waals surface area contributed by atoms with Gasteiger partial charge in [-0.15, -0.1) is 10.2 Å². The van der Waals surface area contributed by atoms with Crippen LogP contribution in [0.25, 0.3) is 28.3 Å². The Kier molecular flexibility index (Phi) is 6.47. The van der Waals surface area contributed by atoms with E-state index in [2.05, 4.69) is 41.2 Å². The van der Waals surface area contributed by atoms with E-state index in [-0.39, 0.29) is 0 Å². The van der Waals surface area contributed by atoms with Gasteiger partial charge < -0.3 is 9.84 Å². The van der Waals surface area contributed by atoms with Crippen LogP contribution in [0.15, 0.2) is 54.9 Å². The lowest BCUT2D eigenvalue weighted by Crippen LogP contribution is -2.36. The third-order valence-corrected chi connectivity index (χ3v) is 6.82. The van der Waals surface area contributed by atoms with Crippen LogP contribution in [0, 0.1) is 13.8 Å². The molecule has 184 valence electrons. The number of pyridine rings is 2. The summed E-state index contributed by atoms with van der Waals surface area (Å²) in [5.74, 6) is 0.881. The number of hydrogen-bond acceptors (Lipinski definition) is 7. The number of carboxylic acids is 1. The van der Waals surface area contributed by atoms with Crippen molar-refractivity contribution in [3.63, 3.8) is 0 Å². The molecule has 0 radical (unpaired) electrons. The first-order valence-electron chi connectivity index (χ1n) is 11.9. The van der Waals surface area contributed by atoms with Gasteiger partial charge in [0, 0.05) is 17.8 Å². The Balaban J connectivity index is 1.54. The molecule has 1 N–H and O–H groups in total. The molecule has 36 heavy (non-hydrogen) atoms. The van der Waals surface area contributed by atoms with Crippen molar-refractivity contribution < 1.29 is 14.6 Å². The Bertz CT molecular complexity index is 1380. The molecule has 0 bridgehead atoms. The van der Waals surface area contributed by atoms with E-state index in [1.54, 1.807) is 19.4 Å². The minimum atomic E-state index is -0.811. The van der Waals surface area contributed by atoms with Gasteiger partial charge in [0.25, 0.3) is 0 Å². The number of carbonyl (C=O) groups is 1. The fourth-order valence-corrected chi connectivity index (χ4v) is 4.71. The Hall–Kier alpha value is -4.11. The zero-order chi connectivity index (χ0) is 25.2. The predicted molar refractivity (Wildman–Crippen MR) is 135 cm³/mol. The number of aromatic nitrogens is 5. The van der Waals surface area contributed by atoms with Crippen LogP contribution in [0.1, 0.15) is 29.8 Å². The van der Waals surface area contributed by atoms with Crippen molar-refractivity contribution in [1.29, 1.82) is 0 Å². The molecule has 9 nitrogen and oxygen atoms in total. The minimum absolute atomic E-state index is 0.358. The second kappa shape index (κ2) is 9.87. The normalized spacial score (nSPS) is 15.8. The average Bonchev–Trinajstić information content (AvgIpc) is 3.53. The Labute approximate surface area is 209 Å². The molecule has 4 heterocycles. The molecule has 1 aliphatic heterocycles. The number of rotatable bonds is 7. The van der Waals surface area contributed by atoms with Gasteiger partial charge in [-0.3, -0.25) is 19.2 Å². The van der Waals surface area contributed by atoms with Crippen molar-refractivity contribution in [2.75, 3.05) is 13.7 Å². The molecule has 1 atom stereocenters. The highest BCUT2D eigenvalue weighted by Gasteiger charge is 2.32. The number of aliphatic carboxylic acids is 1. The van der Waals surface area contributed by atoms with Crippen molar-refractivity contribution in [2.45, 2.75) is 39.3 Å². The van der Waals surface area contributed by atoms with Crippen LogP contribution >= 0.6 is 0 Å². The van der Waals surface area contributed by atoms with Crippen LogP contribution < -0.4 is 4.74 Å². The fourth-order valence-electron chi connectivity index (χ4n) is 4.71. The van der Waals surface area contributed by atoms with E-state index >= 15 is 0 Å². The maximum absolute atomic E-state index is 11.7. The van der Waals surface area contributed by atoms with E-state index < -0.39 is 12.0 Å². The summed E-state index contributed by atoms with van der Waals surface area (Å²) in [6.45, 7) is 5.27. The van der Waals surface area contributed by atoms with Gasteiger partial charge >= 0.3 is 5.97 Å². The summed E-state index contributed by atoms with van der Waals surface area (Å²) in [5.41, 5.74) is 6.03. The number of likely N-dealkylation sites (tertiary alicyclic amines) is 1. The molecule has 0 amide bonds. The summed E-state index contributed by atoms with van der Waals surface area (Å²) in [6.07, 6.45) is 5.01. The van der Waals surface area contributed by atoms with Gasteiger partial charge in [0.2, 0.25) is 5.88 Å². The van der Waals surface area contributed by atoms with Gasteiger partial charge in [-0.1, -0.05) is 24.3 Å². The smallest absolute Gasteiger partial charge is 0.320 e. The van der Waals surface area contributed by atoms with Crippen LogP contribution in [0.3, 0.4) is 0 Å². The van der Waals surface area contributed by atoms with Crippen molar-refractivity contribution in [3.8, 4) is 34.2 Å². The Morgan fingerprint density at radius 2 is 1.94 bits per heavy atom. The Morgan fingerprint density at radius 1 is 1.08 bits per heavy atom. The van der Waals surface area contributed by atoms with Gasteiger partial charge in [0.15, 0.2) is 11.6 Å². The van der Waals surface area contributed by atoms with E-state index in [4.69, 9.17) is 9.72 Å². The number of aryl methyl sites for hydroxylation is 1. The van der Waals surface area contributed by atoms with E-state index in [9.17, 15) is 9.90 Å². The molecular formula is C27H28N6O3. The van der Waals surface area contributed by atoms with E-state index in [1.165, 1.54) is 11.1 Å². The summed E-state index contributed by atoms with van der Waals surface area (Å²) in [4.78, 5) is 22.7. The number of nitrogens with zero attached hydrogens (tertiary/aromatic N) is 6. The van der Waals surface area contributed by atoms with Gasteiger partial charge in [-0.05, 0) is 62.1 Å². The monoisotopic (exact) mass is 484 g/mol. The molecule has 4 aromatic rings. The molecule has 1 fully saturated rings. The molecular weight excluding hydrogens is 456 g/mol. The third-order valence-electron chi connectivity index (χ3n) is 6.82. The number of ether oxygens (including phenoxy) is 1. The van der Waals surface area contributed by atoms with Crippen LogP contribution in [0.5, 0.6) is 5.88 Å². The van der Waals surface area contributed by atoms with Crippen LogP contribution in [-0.4, -0.2) is 60.4 Å².